The summed E-state index contributed by atoms with van der Waals surface area (Å²) in [7, 11) is 0. The molecule has 1 heterocycles. The van der Waals surface area contributed by atoms with E-state index in [1.54, 1.807) is 12.3 Å². The first-order chi connectivity index (χ1) is 17.5. The Morgan fingerprint density at radius 2 is 1.54 bits per heavy atom. The van der Waals surface area contributed by atoms with Crippen LogP contribution in [0.1, 0.15) is 64.4 Å². The van der Waals surface area contributed by atoms with Gasteiger partial charge in [0.05, 0.1) is 0 Å². The van der Waals surface area contributed by atoms with Gasteiger partial charge in [-0.3, -0.25) is 0 Å². The van der Waals surface area contributed by atoms with Crippen LogP contribution in [-0.2, 0) is 16.8 Å². The monoisotopic (exact) mass is 523 g/mol. The first-order valence-electron chi connectivity index (χ1n) is 12.5. The number of amides is 1. The highest BCUT2D eigenvalue weighted by atomic mass is 35.5. The Labute approximate surface area is 223 Å². The van der Waals surface area contributed by atoms with Gasteiger partial charge in [-0.25, -0.2) is 14.8 Å². The lowest BCUT2D eigenvalue weighted by Gasteiger charge is -2.36. The Morgan fingerprint density at radius 3 is 2.11 bits per heavy atom. The van der Waals surface area contributed by atoms with Crippen LogP contribution in [0, 0.1) is 0 Å². The summed E-state index contributed by atoms with van der Waals surface area (Å²) in [6, 6.07) is 18.0. The fraction of sp³-hybridized carbons (Fsp3) is 0.414. The van der Waals surface area contributed by atoms with Gasteiger partial charge in [-0.05, 0) is 62.2 Å². The molecule has 1 amide bonds. The number of carbonyl (C=O) groups is 1. The predicted octanol–water partition coefficient (Wildman–Crippen LogP) is 6.47. The van der Waals surface area contributed by atoms with Crippen LogP contribution in [0.2, 0.25) is 5.15 Å². The fourth-order valence-corrected chi connectivity index (χ4v) is 4.28. The number of rotatable bonds is 8. The molecular formula is C29H34ClN3O4. The zero-order chi connectivity index (χ0) is 26.6. The van der Waals surface area contributed by atoms with Gasteiger partial charge in [-0.2, -0.15) is 0 Å². The summed E-state index contributed by atoms with van der Waals surface area (Å²) in [6.07, 6.45) is 2.86. The summed E-state index contributed by atoms with van der Waals surface area (Å²) in [5, 5.41) is 3.29. The van der Waals surface area contributed by atoms with E-state index >= 15 is 0 Å². The second kappa shape index (κ2) is 11.0. The topological polar surface area (TPSA) is 82.6 Å². The molecule has 1 N–H and O–H groups in total. The average molecular weight is 524 g/mol. The van der Waals surface area contributed by atoms with Crippen LogP contribution in [-0.4, -0.2) is 33.8 Å². The fourth-order valence-electron chi connectivity index (χ4n) is 4.12. The summed E-state index contributed by atoms with van der Waals surface area (Å²) in [5.41, 5.74) is 1.65. The third kappa shape index (κ3) is 7.35. The number of alkyl carbamates (subject to hydrolysis) is 1. The van der Waals surface area contributed by atoms with Crippen molar-refractivity contribution < 1.29 is 19.0 Å². The molecule has 196 valence electrons. The minimum Gasteiger partial charge on any atom is -0.490 e. The number of carbonyl (C=O) groups excluding carboxylic acids is 1. The zero-order valence-electron chi connectivity index (χ0n) is 22.0. The molecule has 8 heteroatoms. The second-order valence-electron chi connectivity index (χ2n) is 10.8. The molecular weight excluding hydrogens is 490 g/mol. The molecule has 0 radical (unpaired) electrons. The van der Waals surface area contributed by atoms with E-state index < -0.39 is 5.60 Å². The lowest BCUT2D eigenvalue weighted by molar-refractivity contribution is 0.0363. The van der Waals surface area contributed by atoms with Gasteiger partial charge in [0.2, 0.25) is 0 Å². The SMILES string of the molecule is CC(C)(C)OC(=O)N[C@H]1C[C@H](Oc2ccc(C(C)(C)c3ccc(OCc4nccc(Cl)n4)cc3)cc2)C1. The number of hydrogen-bond acceptors (Lipinski definition) is 6. The molecule has 0 bridgehead atoms. The van der Waals surface area contributed by atoms with Gasteiger partial charge in [0.1, 0.15) is 35.0 Å². The molecule has 1 aliphatic rings. The molecule has 0 unspecified atom stereocenters. The van der Waals surface area contributed by atoms with Crippen molar-refractivity contribution in [1.29, 1.82) is 0 Å². The zero-order valence-corrected chi connectivity index (χ0v) is 22.7. The molecule has 0 saturated heterocycles. The van der Waals surface area contributed by atoms with Crippen LogP contribution in [0.4, 0.5) is 4.79 Å². The normalized spacial score (nSPS) is 17.5. The van der Waals surface area contributed by atoms with Crippen LogP contribution in [0.3, 0.4) is 0 Å². The minimum absolute atomic E-state index is 0.0861. The molecule has 1 fully saturated rings. The first kappa shape index (κ1) is 26.7. The Bertz CT molecular complexity index is 1200. The van der Waals surface area contributed by atoms with Gasteiger partial charge >= 0.3 is 6.09 Å². The quantitative estimate of drug-likeness (QED) is 0.341. The maximum atomic E-state index is 11.9. The Balaban J connectivity index is 1.28. The third-order valence-electron chi connectivity index (χ3n) is 6.31. The summed E-state index contributed by atoms with van der Waals surface area (Å²) >= 11 is 5.91. The van der Waals surface area contributed by atoms with E-state index in [9.17, 15) is 4.79 Å². The van der Waals surface area contributed by atoms with Crippen LogP contribution < -0.4 is 14.8 Å². The maximum absolute atomic E-state index is 11.9. The highest BCUT2D eigenvalue weighted by Gasteiger charge is 2.33. The first-order valence-corrected chi connectivity index (χ1v) is 12.8. The number of benzene rings is 2. The number of nitrogens with one attached hydrogen (secondary N) is 1. The third-order valence-corrected chi connectivity index (χ3v) is 6.52. The van der Waals surface area contributed by atoms with Gasteiger partial charge in [0.25, 0.3) is 0 Å². The van der Waals surface area contributed by atoms with Crippen LogP contribution >= 0.6 is 11.6 Å². The van der Waals surface area contributed by atoms with Crippen molar-refractivity contribution in [3.63, 3.8) is 0 Å². The van der Waals surface area contributed by atoms with Crippen molar-refractivity contribution in [3.8, 4) is 11.5 Å². The largest absolute Gasteiger partial charge is 0.490 e. The summed E-state index contributed by atoms with van der Waals surface area (Å²) < 4.78 is 17.2. The standard InChI is InChI=1S/C29H34ClN3O4/c1-28(2,3)37-27(34)32-21-16-24(17-21)36-23-12-8-20(9-13-23)29(4,5)19-6-10-22(11-7-19)35-18-26-31-15-14-25(30)33-26/h6-15,21,24H,16-18H2,1-5H3,(H,32,34)/t21-,24-. The summed E-state index contributed by atoms with van der Waals surface area (Å²) in [6.45, 7) is 10.2. The van der Waals surface area contributed by atoms with Gasteiger partial charge in [0.15, 0.2) is 5.82 Å². The molecule has 3 aromatic rings. The molecule has 0 atom stereocenters. The Morgan fingerprint density at radius 1 is 0.946 bits per heavy atom. The van der Waals surface area contributed by atoms with Crippen molar-refractivity contribution in [3.05, 3.63) is 82.9 Å². The number of halogens is 1. The highest BCUT2D eigenvalue weighted by Crippen LogP contribution is 2.34. The molecule has 4 rings (SSSR count). The van der Waals surface area contributed by atoms with Crippen molar-refractivity contribution in [2.45, 2.75) is 77.2 Å². The van der Waals surface area contributed by atoms with Gasteiger partial charge in [-0.1, -0.05) is 49.7 Å². The van der Waals surface area contributed by atoms with Crippen molar-refractivity contribution >= 4 is 17.7 Å². The van der Waals surface area contributed by atoms with Crippen LogP contribution in [0.15, 0.2) is 60.8 Å². The number of ether oxygens (including phenoxy) is 3. The second-order valence-corrected chi connectivity index (χ2v) is 11.2. The number of aromatic nitrogens is 2. The van der Waals surface area contributed by atoms with E-state index in [0.717, 1.165) is 24.3 Å². The van der Waals surface area contributed by atoms with Crippen LogP contribution in [0.25, 0.3) is 0 Å². The Hall–Kier alpha value is -3.32. The van der Waals surface area contributed by atoms with E-state index in [1.165, 1.54) is 11.1 Å². The molecule has 2 aromatic carbocycles. The van der Waals surface area contributed by atoms with Crippen molar-refractivity contribution in [2.75, 3.05) is 0 Å². The smallest absolute Gasteiger partial charge is 0.407 e. The maximum Gasteiger partial charge on any atom is 0.407 e. The molecule has 0 spiro atoms. The predicted molar refractivity (Wildman–Crippen MR) is 143 cm³/mol. The minimum atomic E-state index is -0.498. The lowest BCUT2D eigenvalue weighted by atomic mass is 9.78. The van der Waals surface area contributed by atoms with Gasteiger partial charge in [-0.15, -0.1) is 0 Å². The van der Waals surface area contributed by atoms with E-state index in [0.29, 0.717) is 11.0 Å². The van der Waals surface area contributed by atoms with Gasteiger partial charge < -0.3 is 19.5 Å². The van der Waals surface area contributed by atoms with Crippen molar-refractivity contribution in [2.24, 2.45) is 0 Å². The number of hydrogen-bond donors (Lipinski definition) is 1. The average Bonchev–Trinajstić information content (AvgIpc) is 2.81. The van der Waals surface area contributed by atoms with Crippen LogP contribution in [0.5, 0.6) is 11.5 Å². The van der Waals surface area contributed by atoms with E-state index in [1.807, 2.05) is 45.0 Å². The molecule has 37 heavy (non-hydrogen) atoms. The highest BCUT2D eigenvalue weighted by molar-refractivity contribution is 6.29. The van der Waals surface area contributed by atoms with E-state index in [4.69, 9.17) is 25.8 Å². The van der Waals surface area contributed by atoms with E-state index in [2.05, 4.69) is 53.4 Å². The molecule has 7 nitrogen and oxygen atoms in total. The summed E-state index contributed by atoms with van der Waals surface area (Å²) in [5.74, 6) is 2.11. The molecule has 1 saturated carbocycles. The van der Waals surface area contributed by atoms with E-state index in [-0.39, 0.29) is 30.3 Å². The lowest BCUT2D eigenvalue weighted by Crippen LogP contribution is -2.50. The molecule has 0 aliphatic heterocycles. The molecule has 1 aliphatic carbocycles. The Kier molecular flexibility index (Phi) is 7.93. The number of nitrogens with zero attached hydrogens (tertiary/aromatic N) is 2. The van der Waals surface area contributed by atoms with Gasteiger partial charge in [0, 0.05) is 30.5 Å². The summed E-state index contributed by atoms with van der Waals surface area (Å²) in [4.78, 5) is 20.2. The molecule has 1 aromatic heterocycles. The van der Waals surface area contributed by atoms with Crippen molar-refractivity contribution in [1.82, 2.24) is 15.3 Å².